The van der Waals surface area contributed by atoms with Crippen molar-refractivity contribution in [3.05, 3.63) is 52.8 Å². The van der Waals surface area contributed by atoms with Crippen molar-refractivity contribution in [2.75, 3.05) is 11.9 Å². The number of amides is 1. The molecule has 100 valence electrons. The van der Waals surface area contributed by atoms with Gasteiger partial charge in [-0.2, -0.15) is 5.26 Å². The maximum Gasteiger partial charge on any atom is 0.274 e. The average molecular weight is 332 g/mol. The molecule has 6 heteroatoms. The Bertz CT molecular complexity index is 650. The quantitative estimate of drug-likeness (QED) is 0.934. The number of aromatic nitrogens is 1. The van der Waals surface area contributed by atoms with Crippen molar-refractivity contribution >= 4 is 27.5 Å². The van der Waals surface area contributed by atoms with Gasteiger partial charge in [-0.05, 0) is 40.2 Å². The smallest absolute Gasteiger partial charge is 0.274 e. The predicted octanol–water partition coefficient (Wildman–Crippen LogP) is 3.00. The fourth-order valence-corrected chi connectivity index (χ4v) is 1.74. The number of pyridine rings is 1. The van der Waals surface area contributed by atoms with Crippen LogP contribution < -0.4 is 10.1 Å². The largest absolute Gasteiger partial charge is 0.477 e. The fourth-order valence-electron chi connectivity index (χ4n) is 1.50. The highest BCUT2D eigenvalue weighted by molar-refractivity contribution is 9.10. The summed E-state index contributed by atoms with van der Waals surface area (Å²) in [5, 5.41) is 11.2. The molecule has 0 radical (unpaired) electrons. The third kappa shape index (κ3) is 3.56. The molecule has 1 aromatic heterocycles. The van der Waals surface area contributed by atoms with Crippen LogP contribution in [0.25, 0.3) is 0 Å². The molecule has 0 aliphatic heterocycles. The topological polar surface area (TPSA) is 75.0 Å². The van der Waals surface area contributed by atoms with Crippen molar-refractivity contribution in [3.8, 4) is 11.8 Å². The molecule has 1 amide bonds. The standard InChI is InChI=1S/C14H10BrN3O2/c15-10-5-6-12(17-9-10)14(19)18-11-3-1-2-4-13(11)20-8-7-16/h1-6,9H,8H2,(H,18,19). The summed E-state index contributed by atoms with van der Waals surface area (Å²) in [6, 6.07) is 12.1. The number of anilines is 1. The van der Waals surface area contributed by atoms with Crippen LogP contribution in [0.3, 0.4) is 0 Å². The minimum absolute atomic E-state index is 0.0799. The third-order valence-electron chi connectivity index (χ3n) is 2.39. The Morgan fingerprint density at radius 1 is 1.35 bits per heavy atom. The number of para-hydroxylation sites is 2. The SMILES string of the molecule is N#CCOc1ccccc1NC(=O)c1ccc(Br)cn1. The van der Waals surface area contributed by atoms with Crippen LogP contribution in [-0.2, 0) is 0 Å². The minimum atomic E-state index is -0.342. The van der Waals surface area contributed by atoms with E-state index in [2.05, 4.69) is 26.2 Å². The number of hydrogen-bond donors (Lipinski definition) is 1. The highest BCUT2D eigenvalue weighted by Crippen LogP contribution is 2.24. The van der Waals surface area contributed by atoms with Crippen molar-refractivity contribution < 1.29 is 9.53 Å². The monoisotopic (exact) mass is 331 g/mol. The molecule has 20 heavy (non-hydrogen) atoms. The number of halogens is 1. The molecule has 2 rings (SSSR count). The van der Waals surface area contributed by atoms with Gasteiger partial charge in [0.15, 0.2) is 6.61 Å². The third-order valence-corrected chi connectivity index (χ3v) is 2.86. The Kier molecular flexibility index (Phi) is 4.69. The van der Waals surface area contributed by atoms with Crippen LogP contribution in [0.4, 0.5) is 5.69 Å². The first-order valence-electron chi connectivity index (χ1n) is 5.72. The number of carbonyl (C=O) groups excluding carboxylic acids is 1. The summed E-state index contributed by atoms with van der Waals surface area (Å²) in [7, 11) is 0. The van der Waals surface area contributed by atoms with E-state index in [4.69, 9.17) is 10.00 Å². The molecule has 5 nitrogen and oxygen atoms in total. The Morgan fingerprint density at radius 2 is 2.15 bits per heavy atom. The van der Waals surface area contributed by atoms with E-state index in [1.54, 1.807) is 42.6 Å². The van der Waals surface area contributed by atoms with E-state index in [0.717, 1.165) is 4.47 Å². The molecule has 0 fully saturated rings. The van der Waals surface area contributed by atoms with Gasteiger partial charge in [0.05, 0.1) is 5.69 Å². The molecule has 0 bridgehead atoms. The van der Waals surface area contributed by atoms with E-state index in [-0.39, 0.29) is 12.5 Å². The van der Waals surface area contributed by atoms with E-state index in [1.165, 1.54) is 0 Å². The van der Waals surface area contributed by atoms with Crippen molar-refractivity contribution in [3.63, 3.8) is 0 Å². The number of nitriles is 1. The highest BCUT2D eigenvalue weighted by Gasteiger charge is 2.10. The van der Waals surface area contributed by atoms with Gasteiger partial charge in [0, 0.05) is 10.7 Å². The number of ether oxygens (including phenoxy) is 1. The van der Waals surface area contributed by atoms with Crippen molar-refractivity contribution in [2.45, 2.75) is 0 Å². The summed E-state index contributed by atoms with van der Waals surface area (Å²) < 4.78 is 6.04. The zero-order chi connectivity index (χ0) is 14.4. The van der Waals surface area contributed by atoms with Gasteiger partial charge in [-0.1, -0.05) is 12.1 Å². The molecule has 0 saturated heterocycles. The van der Waals surface area contributed by atoms with E-state index in [0.29, 0.717) is 17.1 Å². The van der Waals surface area contributed by atoms with E-state index in [1.807, 2.05) is 6.07 Å². The first-order chi connectivity index (χ1) is 9.70. The van der Waals surface area contributed by atoms with Crippen LogP contribution >= 0.6 is 15.9 Å². The summed E-state index contributed by atoms with van der Waals surface area (Å²) in [4.78, 5) is 16.1. The van der Waals surface area contributed by atoms with Crippen LogP contribution in [-0.4, -0.2) is 17.5 Å². The van der Waals surface area contributed by atoms with Gasteiger partial charge in [0.25, 0.3) is 5.91 Å². The molecule has 0 spiro atoms. The van der Waals surface area contributed by atoms with Crippen molar-refractivity contribution in [2.24, 2.45) is 0 Å². The van der Waals surface area contributed by atoms with E-state index < -0.39 is 0 Å². The van der Waals surface area contributed by atoms with E-state index in [9.17, 15) is 4.79 Å². The summed E-state index contributed by atoms with van der Waals surface area (Å²) >= 11 is 3.26. The first-order valence-corrected chi connectivity index (χ1v) is 6.51. The van der Waals surface area contributed by atoms with Crippen molar-refractivity contribution in [1.29, 1.82) is 5.26 Å². The van der Waals surface area contributed by atoms with Gasteiger partial charge in [-0.25, -0.2) is 4.98 Å². The van der Waals surface area contributed by atoms with Gasteiger partial charge >= 0.3 is 0 Å². The lowest BCUT2D eigenvalue weighted by Crippen LogP contribution is -2.14. The zero-order valence-electron chi connectivity index (χ0n) is 10.3. The number of hydrogen-bond acceptors (Lipinski definition) is 4. The van der Waals surface area contributed by atoms with Gasteiger partial charge < -0.3 is 10.1 Å². The molecule has 1 heterocycles. The number of nitrogens with one attached hydrogen (secondary N) is 1. The number of nitrogens with zero attached hydrogens (tertiary/aromatic N) is 2. The molecule has 1 aromatic carbocycles. The molecule has 0 aliphatic carbocycles. The maximum absolute atomic E-state index is 12.0. The zero-order valence-corrected chi connectivity index (χ0v) is 11.9. The number of rotatable bonds is 4. The molecule has 0 atom stereocenters. The number of carbonyl (C=O) groups is 1. The summed E-state index contributed by atoms with van der Waals surface area (Å²) in [6.45, 7) is -0.0799. The molecule has 1 N–H and O–H groups in total. The summed E-state index contributed by atoms with van der Waals surface area (Å²) in [5.41, 5.74) is 0.792. The molecular weight excluding hydrogens is 322 g/mol. The first kappa shape index (κ1) is 14.0. The Morgan fingerprint density at radius 3 is 2.85 bits per heavy atom. The highest BCUT2D eigenvalue weighted by atomic mass is 79.9. The van der Waals surface area contributed by atoms with Crippen LogP contribution in [0.2, 0.25) is 0 Å². The molecular formula is C14H10BrN3O2. The Balaban J connectivity index is 2.15. The predicted molar refractivity (Wildman–Crippen MR) is 77.4 cm³/mol. The second kappa shape index (κ2) is 6.68. The van der Waals surface area contributed by atoms with E-state index >= 15 is 0 Å². The van der Waals surface area contributed by atoms with Crippen LogP contribution in [0.1, 0.15) is 10.5 Å². The second-order valence-electron chi connectivity index (χ2n) is 3.76. The lowest BCUT2D eigenvalue weighted by Gasteiger charge is -2.10. The lowest BCUT2D eigenvalue weighted by atomic mass is 10.2. The second-order valence-corrected chi connectivity index (χ2v) is 4.67. The van der Waals surface area contributed by atoms with Crippen LogP contribution in [0.5, 0.6) is 5.75 Å². The molecule has 0 saturated carbocycles. The minimum Gasteiger partial charge on any atom is -0.477 e. The van der Waals surface area contributed by atoms with Crippen LogP contribution in [0, 0.1) is 11.3 Å². The van der Waals surface area contributed by atoms with Gasteiger partial charge in [0.1, 0.15) is 17.5 Å². The van der Waals surface area contributed by atoms with Gasteiger partial charge in [-0.15, -0.1) is 0 Å². The van der Waals surface area contributed by atoms with Gasteiger partial charge in [-0.3, -0.25) is 4.79 Å². The normalized spacial score (nSPS) is 9.60. The maximum atomic E-state index is 12.0. The number of benzene rings is 1. The summed E-state index contributed by atoms with van der Waals surface area (Å²) in [6.07, 6.45) is 1.55. The van der Waals surface area contributed by atoms with Crippen LogP contribution in [0.15, 0.2) is 47.1 Å². The Labute approximate surface area is 124 Å². The Hall–Kier alpha value is -2.39. The molecule has 0 aliphatic rings. The molecule has 2 aromatic rings. The fraction of sp³-hybridized carbons (Fsp3) is 0.0714. The van der Waals surface area contributed by atoms with Gasteiger partial charge in [0.2, 0.25) is 0 Å². The lowest BCUT2D eigenvalue weighted by molar-refractivity contribution is 0.102. The average Bonchev–Trinajstić information content (AvgIpc) is 2.47. The molecule has 0 unspecified atom stereocenters. The summed E-state index contributed by atoms with van der Waals surface area (Å²) in [5.74, 6) is 0.102. The van der Waals surface area contributed by atoms with Crippen molar-refractivity contribution in [1.82, 2.24) is 4.98 Å².